The van der Waals surface area contributed by atoms with Gasteiger partial charge >= 0.3 is 0 Å². The molecule has 2 aromatic heterocycles. The highest BCUT2D eigenvalue weighted by molar-refractivity contribution is 7.22. The van der Waals surface area contributed by atoms with E-state index < -0.39 is 0 Å². The number of aromatic amines is 1. The van der Waals surface area contributed by atoms with E-state index >= 15 is 0 Å². The van der Waals surface area contributed by atoms with Crippen molar-refractivity contribution in [2.24, 2.45) is 0 Å². The molecule has 0 saturated heterocycles. The fourth-order valence-corrected chi connectivity index (χ4v) is 4.59. The topological polar surface area (TPSA) is 98.2 Å². The number of H-pyrrole nitrogens is 1. The Bertz CT molecular complexity index is 1370. The number of carbonyl (C=O) groups is 1. The lowest BCUT2D eigenvalue weighted by Gasteiger charge is -2.09. The van der Waals surface area contributed by atoms with Gasteiger partial charge in [0.05, 0.1) is 18.1 Å². The molecular weight excluding hydrogens is 398 g/mol. The van der Waals surface area contributed by atoms with Gasteiger partial charge < -0.3 is 15.5 Å². The predicted molar refractivity (Wildman–Crippen MR) is 119 cm³/mol. The van der Waals surface area contributed by atoms with E-state index in [-0.39, 0.29) is 23.8 Å². The van der Waals surface area contributed by atoms with Crippen LogP contribution in [0.4, 0.5) is 5.69 Å². The fourth-order valence-electron chi connectivity index (χ4n) is 3.51. The van der Waals surface area contributed by atoms with Crippen LogP contribution >= 0.6 is 11.3 Å². The second-order valence-electron chi connectivity index (χ2n) is 7.05. The first-order valence-corrected chi connectivity index (χ1v) is 10.2. The van der Waals surface area contributed by atoms with E-state index in [1.54, 1.807) is 23.6 Å². The number of thiophene rings is 1. The summed E-state index contributed by atoms with van der Waals surface area (Å²) >= 11 is 1.69. The third-order valence-electron chi connectivity index (χ3n) is 4.93. The van der Waals surface area contributed by atoms with Crippen LogP contribution < -0.4 is 5.32 Å². The summed E-state index contributed by atoms with van der Waals surface area (Å²) in [5.41, 5.74) is 3.17. The highest BCUT2D eigenvalue weighted by Gasteiger charge is 2.13. The molecule has 0 atom stereocenters. The van der Waals surface area contributed by atoms with Crippen molar-refractivity contribution in [3.63, 3.8) is 0 Å². The molecule has 1 amide bonds. The maximum absolute atomic E-state index is 12.6. The lowest BCUT2D eigenvalue weighted by atomic mass is 10.1. The Morgan fingerprint density at radius 1 is 1.00 bits per heavy atom. The number of fused-ring (bicyclic) bond motifs is 2. The van der Waals surface area contributed by atoms with Crippen molar-refractivity contribution < 1.29 is 15.0 Å². The first kappa shape index (κ1) is 18.2. The van der Waals surface area contributed by atoms with Gasteiger partial charge in [-0.25, -0.2) is 0 Å². The molecule has 148 valence electrons. The summed E-state index contributed by atoms with van der Waals surface area (Å²) in [6.07, 6.45) is 1.81. The number of phenolic OH excluding ortho intramolecular Hbond substituents is 2. The van der Waals surface area contributed by atoms with Crippen LogP contribution in [0.25, 0.3) is 31.4 Å². The second kappa shape index (κ2) is 7.20. The molecule has 0 fully saturated rings. The van der Waals surface area contributed by atoms with E-state index in [4.69, 9.17) is 0 Å². The molecule has 0 radical (unpaired) electrons. The van der Waals surface area contributed by atoms with Crippen LogP contribution in [-0.4, -0.2) is 26.3 Å². The normalized spacial score (nSPS) is 11.2. The number of hydrogen-bond acceptors (Lipinski definition) is 5. The summed E-state index contributed by atoms with van der Waals surface area (Å²) in [5, 5.41) is 31.3. The Morgan fingerprint density at radius 3 is 2.70 bits per heavy atom. The van der Waals surface area contributed by atoms with Crippen molar-refractivity contribution in [2.45, 2.75) is 6.42 Å². The molecule has 0 saturated carbocycles. The van der Waals surface area contributed by atoms with Crippen molar-refractivity contribution in [1.82, 2.24) is 10.2 Å². The summed E-state index contributed by atoms with van der Waals surface area (Å²) in [6, 6.07) is 18.5. The fraction of sp³-hybridized carbons (Fsp3) is 0.0435. The van der Waals surface area contributed by atoms with E-state index in [1.807, 2.05) is 24.3 Å². The van der Waals surface area contributed by atoms with Gasteiger partial charge in [0.1, 0.15) is 0 Å². The number of aromatic nitrogens is 2. The minimum absolute atomic E-state index is 0.0789. The molecule has 0 bridgehead atoms. The van der Waals surface area contributed by atoms with Gasteiger partial charge in [-0.2, -0.15) is 5.10 Å². The summed E-state index contributed by atoms with van der Waals surface area (Å²) < 4.78 is 1.20. The smallest absolute Gasteiger partial charge is 0.228 e. The molecule has 3 aromatic carbocycles. The zero-order chi connectivity index (χ0) is 20.7. The zero-order valence-electron chi connectivity index (χ0n) is 15.7. The Hall–Kier alpha value is -3.84. The molecule has 4 N–H and O–H groups in total. The van der Waals surface area contributed by atoms with Crippen molar-refractivity contribution in [3.8, 4) is 21.9 Å². The van der Waals surface area contributed by atoms with E-state index in [9.17, 15) is 15.0 Å². The molecule has 30 heavy (non-hydrogen) atoms. The van der Waals surface area contributed by atoms with E-state index in [2.05, 4.69) is 33.7 Å². The molecule has 0 aliphatic carbocycles. The van der Waals surface area contributed by atoms with Gasteiger partial charge in [0.15, 0.2) is 11.5 Å². The highest BCUT2D eigenvalue weighted by Crippen LogP contribution is 2.38. The van der Waals surface area contributed by atoms with Crippen LogP contribution in [0.5, 0.6) is 11.5 Å². The van der Waals surface area contributed by atoms with Crippen molar-refractivity contribution in [3.05, 3.63) is 72.4 Å². The zero-order valence-corrected chi connectivity index (χ0v) is 16.5. The number of nitrogens with zero attached hydrogens (tertiary/aromatic N) is 1. The minimum Gasteiger partial charge on any atom is -0.504 e. The molecule has 6 nitrogen and oxygen atoms in total. The van der Waals surface area contributed by atoms with Crippen LogP contribution in [0.15, 0.2) is 66.9 Å². The number of amides is 1. The van der Waals surface area contributed by atoms with Gasteiger partial charge in [-0.05, 0) is 47.3 Å². The van der Waals surface area contributed by atoms with Gasteiger partial charge in [-0.3, -0.25) is 9.89 Å². The summed E-state index contributed by atoms with van der Waals surface area (Å²) in [5.74, 6) is -0.671. The van der Waals surface area contributed by atoms with Crippen LogP contribution in [0.1, 0.15) is 5.56 Å². The number of aromatic hydroxyl groups is 2. The van der Waals surface area contributed by atoms with E-state index in [1.165, 1.54) is 22.2 Å². The van der Waals surface area contributed by atoms with Crippen LogP contribution in [0.3, 0.4) is 0 Å². The molecule has 0 spiro atoms. The Kier molecular flexibility index (Phi) is 4.37. The maximum atomic E-state index is 12.6. The number of phenols is 2. The van der Waals surface area contributed by atoms with Gasteiger partial charge in [0.2, 0.25) is 5.91 Å². The Morgan fingerprint density at radius 2 is 1.87 bits per heavy atom. The maximum Gasteiger partial charge on any atom is 0.228 e. The lowest BCUT2D eigenvalue weighted by Crippen LogP contribution is -2.14. The van der Waals surface area contributed by atoms with Crippen LogP contribution in [0.2, 0.25) is 0 Å². The average Bonchev–Trinajstić information content (AvgIpc) is 3.36. The van der Waals surface area contributed by atoms with Gasteiger partial charge in [0, 0.05) is 26.2 Å². The molecule has 7 heteroatoms. The van der Waals surface area contributed by atoms with Crippen molar-refractivity contribution in [1.29, 1.82) is 0 Å². The Balaban J connectivity index is 1.47. The monoisotopic (exact) mass is 415 g/mol. The molecule has 0 aliphatic heterocycles. The first-order valence-electron chi connectivity index (χ1n) is 9.33. The molecular formula is C23H17N3O3S. The quantitative estimate of drug-likeness (QED) is 0.309. The number of anilines is 1. The number of carbonyl (C=O) groups excluding carboxylic acids is 1. The molecule has 5 aromatic rings. The van der Waals surface area contributed by atoms with E-state index in [0.29, 0.717) is 11.3 Å². The van der Waals surface area contributed by atoms with Crippen LogP contribution in [-0.2, 0) is 11.2 Å². The Labute approximate surface area is 175 Å². The molecule has 5 rings (SSSR count). The van der Waals surface area contributed by atoms with Gasteiger partial charge in [0.25, 0.3) is 0 Å². The molecule has 0 unspecified atom stereocenters. The molecule has 2 heterocycles. The minimum atomic E-state index is -0.243. The third kappa shape index (κ3) is 3.35. The largest absolute Gasteiger partial charge is 0.504 e. The first-order chi connectivity index (χ1) is 14.6. The van der Waals surface area contributed by atoms with E-state index in [0.717, 1.165) is 21.3 Å². The lowest BCUT2D eigenvalue weighted by molar-refractivity contribution is -0.115. The van der Waals surface area contributed by atoms with Crippen molar-refractivity contribution in [2.75, 3.05) is 5.32 Å². The second-order valence-corrected chi connectivity index (χ2v) is 8.14. The van der Waals surface area contributed by atoms with Crippen molar-refractivity contribution >= 4 is 43.9 Å². The summed E-state index contributed by atoms with van der Waals surface area (Å²) in [6.45, 7) is 0. The number of benzene rings is 3. The number of hydrogen-bond donors (Lipinski definition) is 4. The standard InChI is InChI=1S/C23H17N3O3S/c27-18-6-5-13(7-19(18)28)8-22(29)25-16-9-15-12-24-26-23(15)17(11-16)21-10-14-3-1-2-4-20(14)30-21/h1-7,9-12,27-28H,8H2,(H,24,26)(H,25,29). The summed E-state index contributed by atoms with van der Waals surface area (Å²) in [7, 11) is 0. The number of nitrogens with one attached hydrogen (secondary N) is 2. The average molecular weight is 415 g/mol. The third-order valence-corrected chi connectivity index (χ3v) is 6.08. The highest BCUT2D eigenvalue weighted by atomic mass is 32.1. The molecule has 0 aliphatic rings. The SMILES string of the molecule is O=C(Cc1ccc(O)c(O)c1)Nc1cc(-c2cc3ccccc3s2)c2[nH]ncc2c1. The predicted octanol–water partition coefficient (Wildman–Crippen LogP) is 5.04. The van der Waals surface area contributed by atoms with Gasteiger partial charge in [-0.1, -0.05) is 24.3 Å². The summed E-state index contributed by atoms with van der Waals surface area (Å²) in [4.78, 5) is 13.7. The van der Waals surface area contributed by atoms with Crippen LogP contribution in [0, 0.1) is 0 Å². The van der Waals surface area contributed by atoms with Gasteiger partial charge in [-0.15, -0.1) is 11.3 Å². The number of rotatable bonds is 4.